The fraction of sp³-hybridized carbons (Fsp3) is 0.462. The van der Waals surface area contributed by atoms with Gasteiger partial charge in [-0.25, -0.2) is 0 Å². The summed E-state index contributed by atoms with van der Waals surface area (Å²) >= 11 is 0. The Bertz CT molecular complexity index is 421. The molecule has 0 saturated carbocycles. The molecule has 5 nitrogen and oxygen atoms in total. The van der Waals surface area contributed by atoms with Crippen molar-refractivity contribution in [2.24, 2.45) is 11.5 Å². The van der Waals surface area contributed by atoms with Gasteiger partial charge in [0.2, 0.25) is 0 Å². The van der Waals surface area contributed by atoms with Gasteiger partial charge < -0.3 is 21.3 Å². The lowest BCUT2D eigenvalue weighted by Gasteiger charge is -2.21. The number of hydrogen-bond donors (Lipinski definition) is 3. The number of carbonyl (C=O) groups is 1. The second kappa shape index (κ2) is 6.37. The SMILES string of the molecule is CCc1ccc(OC)c(C(N)C(N)CC(=O)O)c1. The maximum Gasteiger partial charge on any atom is 0.304 e. The zero-order valence-corrected chi connectivity index (χ0v) is 10.7. The molecule has 0 radical (unpaired) electrons. The quantitative estimate of drug-likeness (QED) is 0.703. The number of aryl methyl sites for hydroxylation is 1. The maximum atomic E-state index is 10.7. The van der Waals surface area contributed by atoms with Crippen molar-refractivity contribution in [3.63, 3.8) is 0 Å². The van der Waals surface area contributed by atoms with Crippen LogP contribution in [0.2, 0.25) is 0 Å². The Morgan fingerprint density at radius 1 is 1.44 bits per heavy atom. The first kappa shape index (κ1) is 14.5. The van der Waals surface area contributed by atoms with Crippen LogP contribution in [0.3, 0.4) is 0 Å². The standard InChI is InChI=1S/C13H20N2O3/c1-3-8-4-5-11(18-2)9(6-8)13(15)10(14)7-12(16)17/h4-6,10,13H,3,7,14-15H2,1-2H3,(H,16,17). The van der Waals surface area contributed by atoms with Gasteiger partial charge in [0.05, 0.1) is 13.5 Å². The third-order valence-corrected chi connectivity index (χ3v) is 2.93. The van der Waals surface area contributed by atoms with Crippen LogP contribution in [0, 0.1) is 0 Å². The van der Waals surface area contributed by atoms with Gasteiger partial charge in [-0.05, 0) is 18.1 Å². The minimum atomic E-state index is -0.955. The lowest BCUT2D eigenvalue weighted by Crippen LogP contribution is -2.36. The lowest BCUT2D eigenvalue weighted by molar-refractivity contribution is -0.137. The van der Waals surface area contributed by atoms with Crippen LogP contribution in [-0.4, -0.2) is 24.2 Å². The lowest BCUT2D eigenvalue weighted by atomic mass is 9.95. The molecule has 1 aromatic carbocycles. The zero-order chi connectivity index (χ0) is 13.7. The Morgan fingerprint density at radius 3 is 2.61 bits per heavy atom. The molecule has 0 saturated heterocycles. The molecule has 0 aliphatic carbocycles. The summed E-state index contributed by atoms with van der Waals surface area (Å²) in [5, 5.41) is 8.74. The topological polar surface area (TPSA) is 98.6 Å². The normalized spacial score (nSPS) is 14.0. The van der Waals surface area contributed by atoms with Crippen LogP contribution in [0.15, 0.2) is 18.2 Å². The third kappa shape index (κ3) is 3.45. The van der Waals surface area contributed by atoms with Crippen LogP contribution in [0.4, 0.5) is 0 Å². The molecule has 0 fully saturated rings. The number of methoxy groups -OCH3 is 1. The van der Waals surface area contributed by atoms with E-state index in [2.05, 4.69) is 0 Å². The monoisotopic (exact) mass is 252 g/mol. The van der Waals surface area contributed by atoms with E-state index in [1.54, 1.807) is 7.11 Å². The van der Waals surface area contributed by atoms with Gasteiger partial charge in [-0.15, -0.1) is 0 Å². The molecule has 18 heavy (non-hydrogen) atoms. The molecular formula is C13H20N2O3. The Hall–Kier alpha value is -1.59. The largest absolute Gasteiger partial charge is 0.496 e. The fourth-order valence-electron chi connectivity index (χ4n) is 1.82. The molecule has 0 bridgehead atoms. The van der Waals surface area contributed by atoms with Crippen molar-refractivity contribution < 1.29 is 14.6 Å². The van der Waals surface area contributed by atoms with Crippen LogP contribution >= 0.6 is 0 Å². The third-order valence-electron chi connectivity index (χ3n) is 2.93. The average Bonchev–Trinajstić information content (AvgIpc) is 2.36. The van der Waals surface area contributed by atoms with Gasteiger partial charge in [0.25, 0.3) is 0 Å². The summed E-state index contributed by atoms with van der Waals surface area (Å²) in [4.78, 5) is 10.7. The molecule has 5 heteroatoms. The van der Waals surface area contributed by atoms with Crippen LogP contribution in [-0.2, 0) is 11.2 Å². The highest BCUT2D eigenvalue weighted by atomic mass is 16.5. The van der Waals surface area contributed by atoms with E-state index in [-0.39, 0.29) is 6.42 Å². The molecule has 0 spiro atoms. The van der Waals surface area contributed by atoms with Gasteiger partial charge in [0.1, 0.15) is 5.75 Å². The number of aliphatic carboxylic acids is 1. The summed E-state index contributed by atoms with van der Waals surface area (Å²) in [5.41, 5.74) is 13.7. The predicted octanol–water partition coefficient (Wildman–Crippen LogP) is 1.06. The Morgan fingerprint density at radius 2 is 2.11 bits per heavy atom. The van der Waals surface area contributed by atoms with Gasteiger partial charge in [-0.2, -0.15) is 0 Å². The number of benzene rings is 1. The van der Waals surface area contributed by atoms with Crippen molar-refractivity contribution in [3.8, 4) is 5.75 Å². The highest BCUT2D eigenvalue weighted by molar-refractivity contribution is 5.67. The minimum Gasteiger partial charge on any atom is -0.496 e. The molecule has 100 valence electrons. The number of nitrogens with two attached hydrogens (primary N) is 2. The van der Waals surface area contributed by atoms with E-state index in [0.29, 0.717) is 5.75 Å². The van der Waals surface area contributed by atoms with Crippen LogP contribution < -0.4 is 16.2 Å². The minimum absolute atomic E-state index is 0.166. The highest BCUT2D eigenvalue weighted by Crippen LogP contribution is 2.27. The summed E-state index contributed by atoms with van der Waals surface area (Å²) in [6.07, 6.45) is 0.707. The second-order valence-electron chi connectivity index (χ2n) is 4.22. The molecule has 0 amide bonds. The molecule has 1 aromatic rings. The number of carboxylic acid groups (broad SMARTS) is 1. The fourth-order valence-corrected chi connectivity index (χ4v) is 1.82. The van der Waals surface area contributed by atoms with E-state index >= 15 is 0 Å². The number of ether oxygens (including phenoxy) is 1. The van der Waals surface area contributed by atoms with Crippen LogP contribution in [0.1, 0.15) is 30.5 Å². The summed E-state index contributed by atoms with van der Waals surface area (Å²) in [6.45, 7) is 2.04. The van der Waals surface area contributed by atoms with Crippen molar-refractivity contribution in [2.45, 2.75) is 31.8 Å². The zero-order valence-electron chi connectivity index (χ0n) is 10.7. The molecule has 0 heterocycles. The summed E-state index contributed by atoms with van der Waals surface area (Å²) < 4.78 is 5.24. The summed E-state index contributed by atoms with van der Waals surface area (Å²) in [6, 6.07) is 4.52. The second-order valence-corrected chi connectivity index (χ2v) is 4.22. The van der Waals surface area contributed by atoms with Crippen molar-refractivity contribution in [2.75, 3.05) is 7.11 Å². The van der Waals surface area contributed by atoms with Gasteiger partial charge in [-0.3, -0.25) is 4.79 Å². The predicted molar refractivity (Wildman–Crippen MR) is 69.5 cm³/mol. The highest BCUT2D eigenvalue weighted by Gasteiger charge is 2.21. The first-order valence-electron chi connectivity index (χ1n) is 5.89. The molecule has 0 aliphatic rings. The smallest absolute Gasteiger partial charge is 0.304 e. The first-order chi connectivity index (χ1) is 8.49. The maximum absolute atomic E-state index is 10.7. The Balaban J connectivity index is 3.01. The van der Waals surface area contributed by atoms with Crippen LogP contribution in [0.5, 0.6) is 5.75 Å². The molecule has 2 unspecified atom stereocenters. The number of carboxylic acids is 1. The molecule has 5 N–H and O–H groups in total. The van der Waals surface area contributed by atoms with Crippen LogP contribution in [0.25, 0.3) is 0 Å². The van der Waals surface area contributed by atoms with Crippen molar-refractivity contribution in [3.05, 3.63) is 29.3 Å². The van der Waals surface area contributed by atoms with Gasteiger partial charge in [0, 0.05) is 17.6 Å². The Labute approximate surface area is 107 Å². The van der Waals surface area contributed by atoms with E-state index in [4.69, 9.17) is 21.3 Å². The number of rotatable bonds is 6. The Kier molecular flexibility index (Phi) is 5.12. The first-order valence-corrected chi connectivity index (χ1v) is 5.89. The summed E-state index contributed by atoms with van der Waals surface area (Å²) in [7, 11) is 1.56. The molecule has 2 atom stereocenters. The number of hydrogen-bond acceptors (Lipinski definition) is 4. The summed E-state index contributed by atoms with van der Waals surface area (Å²) in [5.74, 6) is -0.316. The van der Waals surface area contributed by atoms with Crippen molar-refractivity contribution >= 4 is 5.97 Å². The van der Waals surface area contributed by atoms with E-state index in [9.17, 15) is 4.79 Å². The van der Waals surface area contributed by atoms with Gasteiger partial charge in [-0.1, -0.05) is 19.1 Å². The van der Waals surface area contributed by atoms with Crippen molar-refractivity contribution in [1.29, 1.82) is 0 Å². The van der Waals surface area contributed by atoms with Gasteiger partial charge >= 0.3 is 5.97 Å². The molecule has 1 rings (SSSR count). The molecule has 0 aliphatic heterocycles. The van der Waals surface area contributed by atoms with E-state index in [1.807, 2.05) is 25.1 Å². The molecule has 0 aromatic heterocycles. The van der Waals surface area contributed by atoms with Crippen molar-refractivity contribution in [1.82, 2.24) is 0 Å². The van der Waals surface area contributed by atoms with E-state index in [1.165, 1.54) is 0 Å². The van der Waals surface area contributed by atoms with E-state index in [0.717, 1.165) is 17.5 Å². The van der Waals surface area contributed by atoms with E-state index < -0.39 is 18.1 Å². The molecular weight excluding hydrogens is 232 g/mol. The van der Waals surface area contributed by atoms with Gasteiger partial charge in [0.15, 0.2) is 0 Å². The average molecular weight is 252 g/mol.